The molecule has 1 amide bonds. The Bertz CT molecular complexity index is 511. The van der Waals surface area contributed by atoms with Crippen LogP contribution in [0, 0.1) is 5.92 Å². The van der Waals surface area contributed by atoms with Crippen molar-refractivity contribution in [1.82, 2.24) is 0 Å². The number of halogens is 3. The van der Waals surface area contributed by atoms with E-state index in [0.717, 1.165) is 51.4 Å². The number of aryl methyl sites for hydroxylation is 2. The molecule has 5 heteroatoms. The van der Waals surface area contributed by atoms with Crippen molar-refractivity contribution in [3.05, 3.63) is 35.4 Å². The maximum absolute atomic E-state index is 12.0. The van der Waals surface area contributed by atoms with Gasteiger partial charge in [0, 0.05) is 12.3 Å². The third-order valence-electron chi connectivity index (χ3n) is 4.80. The maximum atomic E-state index is 12.0. The number of unbranched alkanes of at least 4 members (excludes halogenated alkanes) is 6. The van der Waals surface area contributed by atoms with E-state index in [1.165, 1.54) is 11.1 Å². The largest absolute Gasteiger partial charge is 0.389 e. The van der Waals surface area contributed by atoms with Crippen molar-refractivity contribution in [2.24, 2.45) is 11.7 Å². The molecule has 1 aromatic carbocycles. The molecular weight excluding hydrogens is 339 g/mol. The first-order chi connectivity index (χ1) is 12.3. The zero-order chi connectivity index (χ0) is 19.4. The molecule has 0 radical (unpaired) electrons. The second-order valence-corrected chi connectivity index (χ2v) is 7.25. The van der Waals surface area contributed by atoms with Crippen LogP contribution in [0.1, 0.15) is 75.8 Å². The Morgan fingerprint density at radius 1 is 0.885 bits per heavy atom. The van der Waals surface area contributed by atoms with Gasteiger partial charge in [0.2, 0.25) is 5.91 Å². The van der Waals surface area contributed by atoms with Crippen LogP contribution in [-0.4, -0.2) is 12.1 Å². The van der Waals surface area contributed by atoms with Crippen molar-refractivity contribution in [2.75, 3.05) is 0 Å². The minimum Gasteiger partial charge on any atom is -0.369 e. The molecule has 0 heterocycles. The summed E-state index contributed by atoms with van der Waals surface area (Å²) in [6.45, 7) is 1.85. The molecule has 0 aromatic heterocycles. The van der Waals surface area contributed by atoms with Gasteiger partial charge in [0.15, 0.2) is 0 Å². The second kappa shape index (κ2) is 12.0. The highest BCUT2D eigenvalue weighted by Crippen LogP contribution is 2.23. The zero-order valence-corrected chi connectivity index (χ0v) is 15.8. The number of benzene rings is 1. The van der Waals surface area contributed by atoms with Crippen LogP contribution in [0.15, 0.2) is 24.3 Å². The molecule has 2 N–H and O–H groups in total. The van der Waals surface area contributed by atoms with Crippen molar-refractivity contribution in [1.29, 1.82) is 0 Å². The minimum absolute atomic E-state index is 0.0943. The quantitative estimate of drug-likeness (QED) is 0.427. The molecule has 0 saturated heterocycles. The summed E-state index contributed by atoms with van der Waals surface area (Å²) in [5.41, 5.74) is 7.80. The summed E-state index contributed by atoms with van der Waals surface area (Å²) in [4.78, 5) is 11.0. The van der Waals surface area contributed by atoms with Gasteiger partial charge in [-0.3, -0.25) is 4.79 Å². The lowest BCUT2D eigenvalue weighted by atomic mass is 9.98. The fourth-order valence-electron chi connectivity index (χ4n) is 2.94. The lowest BCUT2D eigenvalue weighted by Gasteiger charge is -2.08. The van der Waals surface area contributed by atoms with E-state index in [2.05, 4.69) is 24.3 Å². The Morgan fingerprint density at radius 3 is 1.85 bits per heavy atom. The summed E-state index contributed by atoms with van der Waals surface area (Å²) in [7, 11) is 0. The molecule has 148 valence electrons. The minimum atomic E-state index is -4.00. The van der Waals surface area contributed by atoms with Gasteiger partial charge in [0.05, 0.1) is 0 Å². The van der Waals surface area contributed by atoms with Gasteiger partial charge in [-0.15, -0.1) is 0 Å². The van der Waals surface area contributed by atoms with Gasteiger partial charge >= 0.3 is 6.18 Å². The van der Waals surface area contributed by atoms with Crippen LogP contribution < -0.4 is 5.73 Å². The molecule has 0 saturated carbocycles. The Balaban J connectivity index is 2.06. The number of hydrogen-bond donors (Lipinski definition) is 1. The molecule has 1 atom stereocenters. The highest BCUT2D eigenvalue weighted by atomic mass is 19.4. The number of hydrogen-bond acceptors (Lipinski definition) is 1. The molecule has 1 unspecified atom stereocenters. The van der Waals surface area contributed by atoms with E-state index in [-0.39, 0.29) is 18.2 Å². The van der Waals surface area contributed by atoms with Gasteiger partial charge in [-0.05, 0) is 43.2 Å². The molecule has 0 spiro atoms. The van der Waals surface area contributed by atoms with Gasteiger partial charge in [-0.25, -0.2) is 0 Å². The van der Waals surface area contributed by atoms with E-state index in [1.807, 2.05) is 6.92 Å². The molecule has 0 fully saturated rings. The first-order valence-electron chi connectivity index (χ1n) is 9.72. The lowest BCUT2D eigenvalue weighted by molar-refractivity contribution is -0.135. The fraction of sp³-hybridized carbons (Fsp3) is 0.667. The van der Waals surface area contributed by atoms with Crippen molar-refractivity contribution < 1.29 is 18.0 Å². The monoisotopic (exact) mass is 371 g/mol. The molecule has 2 nitrogen and oxygen atoms in total. The number of alkyl halides is 3. The van der Waals surface area contributed by atoms with Crippen LogP contribution in [-0.2, 0) is 17.6 Å². The smallest absolute Gasteiger partial charge is 0.369 e. The zero-order valence-electron chi connectivity index (χ0n) is 15.8. The van der Waals surface area contributed by atoms with E-state index in [9.17, 15) is 18.0 Å². The SMILES string of the molecule is CC(CCc1ccc(CCCCCCCCCC(F)(F)F)cc1)C(N)=O. The van der Waals surface area contributed by atoms with Gasteiger partial charge in [-0.1, -0.05) is 63.3 Å². The lowest BCUT2D eigenvalue weighted by Crippen LogP contribution is -2.20. The van der Waals surface area contributed by atoms with Gasteiger partial charge in [0.25, 0.3) is 0 Å². The Morgan fingerprint density at radius 2 is 1.35 bits per heavy atom. The van der Waals surface area contributed by atoms with Gasteiger partial charge in [-0.2, -0.15) is 13.2 Å². The molecule has 0 aliphatic rings. The van der Waals surface area contributed by atoms with Crippen LogP contribution in [0.5, 0.6) is 0 Å². The van der Waals surface area contributed by atoms with Crippen molar-refractivity contribution >= 4 is 5.91 Å². The summed E-state index contributed by atoms with van der Waals surface area (Å²) in [5, 5.41) is 0. The average molecular weight is 371 g/mol. The molecular formula is C21H32F3NO. The predicted octanol–water partition coefficient (Wildman–Crippen LogP) is 5.97. The van der Waals surface area contributed by atoms with Gasteiger partial charge in [0.1, 0.15) is 0 Å². The molecule has 1 rings (SSSR count). The van der Waals surface area contributed by atoms with E-state index in [1.54, 1.807) is 0 Å². The number of carbonyl (C=O) groups excluding carboxylic acids is 1. The van der Waals surface area contributed by atoms with Crippen molar-refractivity contribution in [2.45, 2.75) is 83.7 Å². The first-order valence-corrected chi connectivity index (χ1v) is 9.72. The summed E-state index contributed by atoms with van der Waals surface area (Å²) in [6, 6.07) is 8.51. The Kier molecular flexibility index (Phi) is 10.4. The number of nitrogens with two attached hydrogens (primary N) is 1. The summed E-state index contributed by atoms with van der Waals surface area (Å²) < 4.78 is 36.0. The summed E-state index contributed by atoms with van der Waals surface area (Å²) in [5.74, 6) is -0.342. The second-order valence-electron chi connectivity index (χ2n) is 7.25. The van der Waals surface area contributed by atoms with Crippen LogP contribution in [0.4, 0.5) is 13.2 Å². The summed E-state index contributed by atoms with van der Waals surface area (Å²) >= 11 is 0. The normalized spacial score (nSPS) is 12.9. The van der Waals surface area contributed by atoms with E-state index < -0.39 is 12.6 Å². The van der Waals surface area contributed by atoms with E-state index in [0.29, 0.717) is 6.42 Å². The topological polar surface area (TPSA) is 43.1 Å². The first kappa shape index (κ1) is 22.5. The fourth-order valence-corrected chi connectivity index (χ4v) is 2.94. The third kappa shape index (κ3) is 11.2. The molecule has 26 heavy (non-hydrogen) atoms. The van der Waals surface area contributed by atoms with Crippen LogP contribution in [0.3, 0.4) is 0 Å². The van der Waals surface area contributed by atoms with Gasteiger partial charge < -0.3 is 5.73 Å². The molecule has 1 aromatic rings. The van der Waals surface area contributed by atoms with Crippen molar-refractivity contribution in [3.8, 4) is 0 Å². The Labute approximate surface area is 155 Å². The predicted molar refractivity (Wildman–Crippen MR) is 99.8 cm³/mol. The van der Waals surface area contributed by atoms with Crippen LogP contribution in [0.2, 0.25) is 0 Å². The number of carbonyl (C=O) groups is 1. The third-order valence-corrected chi connectivity index (χ3v) is 4.80. The number of rotatable bonds is 13. The Hall–Kier alpha value is -1.52. The maximum Gasteiger partial charge on any atom is 0.389 e. The molecule has 0 aliphatic carbocycles. The number of amides is 1. The molecule has 0 aliphatic heterocycles. The summed E-state index contributed by atoms with van der Waals surface area (Å²) in [6.07, 6.45) is 4.20. The average Bonchev–Trinajstić information content (AvgIpc) is 2.58. The standard InChI is InChI=1S/C21H32F3NO/c1-17(20(25)26)10-11-19-14-12-18(13-15-19)9-7-5-3-2-4-6-8-16-21(22,23)24/h12-15,17H,2-11,16H2,1H3,(H2,25,26). The highest BCUT2D eigenvalue weighted by Gasteiger charge is 2.25. The van der Waals surface area contributed by atoms with E-state index >= 15 is 0 Å². The van der Waals surface area contributed by atoms with Crippen LogP contribution >= 0.6 is 0 Å². The van der Waals surface area contributed by atoms with Crippen molar-refractivity contribution in [3.63, 3.8) is 0 Å². The van der Waals surface area contributed by atoms with Crippen LogP contribution in [0.25, 0.3) is 0 Å². The molecule has 0 bridgehead atoms. The highest BCUT2D eigenvalue weighted by molar-refractivity contribution is 5.76. The number of primary amides is 1. The van der Waals surface area contributed by atoms with E-state index in [4.69, 9.17) is 5.73 Å².